The Hall–Kier alpha value is -1.53. The van der Waals surface area contributed by atoms with Crippen LogP contribution in [0.5, 0.6) is 0 Å². The Morgan fingerprint density at radius 3 is 3.11 bits per heavy atom. The summed E-state index contributed by atoms with van der Waals surface area (Å²) in [7, 11) is 0. The highest BCUT2D eigenvalue weighted by Gasteiger charge is 2.23. The number of carbonyl (C=O) groups is 1. The summed E-state index contributed by atoms with van der Waals surface area (Å²) in [5.41, 5.74) is 0.808. The minimum Gasteiger partial charge on any atom is -0.381 e. The van der Waals surface area contributed by atoms with Gasteiger partial charge in [0.15, 0.2) is 11.6 Å². The van der Waals surface area contributed by atoms with Gasteiger partial charge in [-0.3, -0.25) is 4.79 Å². The number of nitrogens with zero attached hydrogens (tertiary/aromatic N) is 2. The van der Waals surface area contributed by atoms with Crippen LogP contribution in [0, 0.1) is 0 Å². The summed E-state index contributed by atoms with van der Waals surface area (Å²) in [5.74, 6) is 1.45. The molecule has 2 aromatic heterocycles. The van der Waals surface area contributed by atoms with E-state index >= 15 is 0 Å². The number of carbonyl (C=O) groups excluding carboxylic acids is 1. The molecule has 0 amide bonds. The first-order valence-electron chi connectivity index (χ1n) is 5.75. The SMILES string of the molecule is CC(=O)c1cc(-c2nc(C3CCOC3)no2)cs1. The summed E-state index contributed by atoms with van der Waals surface area (Å²) in [6.07, 6.45) is 0.932. The van der Waals surface area contributed by atoms with Gasteiger partial charge in [-0.1, -0.05) is 5.16 Å². The van der Waals surface area contributed by atoms with Gasteiger partial charge in [0, 0.05) is 17.9 Å². The molecule has 3 heterocycles. The second-order valence-electron chi connectivity index (χ2n) is 4.27. The van der Waals surface area contributed by atoms with Gasteiger partial charge in [0.1, 0.15) is 0 Å². The molecule has 1 fully saturated rings. The zero-order valence-electron chi connectivity index (χ0n) is 9.88. The summed E-state index contributed by atoms with van der Waals surface area (Å²) >= 11 is 1.39. The number of rotatable bonds is 3. The smallest absolute Gasteiger partial charge is 0.258 e. The Bertz CT molecular complexity index is 569. The van der Waals surface area contributed by atoms with Crippen molar-refractivity contribution in [2.75, 3.05) is 13.2 Å². The van der Waals surface area contributed by atoms with Crippen molar-refractivity contribution in [2.24, 2.45) is 0 Å². The van der Waals surface area contributed by atoms with E-state index in [-0.39, 0.29) is 11.7 Å². The molecule has 0 N–H and O–H groups in total. The van der Waals surface area contributed by atoms with Crippen LogP contribution in [0.25, 0.3) is 11.5 Å². The van der Waals surface area contributed by atoms with Gasteiger partial charge in [0.05, 0.1) is 17.0 Å². The highest BCUT2D eigenvalue weighted by Crippen LogP contribution is 2.28. The molecule has 1 atom stereocenters. The van der Waals surface area contributed by atoms with Gasteiger partial charge in [-0.25, -0.2) is 0 Å². The fourth-order valence-corrected chi connectivity index (χ4v) is 2.67. The van der Waals surface area contributed by atoms with Gasteiger partial charge >= 0.3 is 0 Å². The highest BCUT2D eigenvalue weighted by molar-refractivity contribution is 7.12. The van der Waals surface area contributed by atoms with E-state index in [1.807, 2.05) is 5.38 Å². The molecule has 0 aromatic carbocycles. The molecule has 0 radical (unpaired) electrons. The number of ether oxygens (including phenoxy) is 1. The van der Waals surface area contributed by atoms with Crippen molar-refractivity contribution >= 4 is 17.1 Å². The van der Waals surface area contributed by atoms with E-state index in [1.165, 1.54) is 11.3 Å². The van der Waals surface area contributed by atoms with Gasteiger partial charge < -0.3 is 9.26 Å². The Morgan fingerprint density at radius 2 is 2.44 bits per heavy atom. The molecule has 0 saturated carbocycles. The molecule has 1 aliphatic rings. The van der Waals surface area contributed by atoms with Gasteiger partial charge in [0.25, 0.3) is 5.89 Å². The van der Waals surface area contributed by atoms with Crippen molar-refractivity contribution < 1.29 is 14.1 Å². The quantitative estimate of drug-likeness (QED) is 0.797. The molecular formula is C12H12N2O3S. The minimum atomic E-state index is 0.0511. The lowest BCUT2D eigenvalue weighted by molar-refractivity contribution is 0.102. The molecule has 2 aromatic rings. The summed E-state index contributed by atoms with van der Waals surface area (Å²) in [5, 5.41) is 5.84. The van der Waals surface area contributed by atoms with Crippen molar-refractivity contribution in [3.05, 3.63) is 22.1 Å². The molecule has 94 valence electrons. The Morgan fingerprint density at radius 1 is 1.56 bits per heavy atom. The van der Waals surface area contributed by atoms with E-state index in [1.54, 1.807) is 13.0 Å². The first-order chi connectivity index (χ1) is 8.74. The van der Waals surface area contributed by atoms with Crippen LogP contribution < -0.4 is 0 Å². The van der Waals surface area contributed by atoms with Gasteiger partial charge in [-0.05, 0) is 19.4 Å². The molecule has 1 aliphatic heterocycles. The van der Waals surface area contributed by atoms with E-state index in [0.717, 1.165) is 18.6 Å². The lowest BCUT2D eigenvalue weighted by Crippen LogP contribution is -1.99. The number of aromatic nitrogens is 2. The minimum absolute atomic E-state index is 0.0511. The molecular weight excluding hydrogens is 252 g/mol. The summed E-state index contributed by atoms with van der Waals surface area (Å²) < 4.78 is 10.5. The third-order valence-corrected chi connectivity index (χ3v) is 3.96. The van der Waals surface area contributed by atoms with Crippen molar-refractivity contribution in [3.8, 4) is 11.5 Å². The number of thiophene rings is 1. The van der Waals surface area contributed by atoms with Crippen molar-refractivity contribution in [1.29, 1.82) is 0 Å². The Kier molecular flexibility index (Phi) is 2.97. The van der Waals surface area contributed by atoms with Crippen molar-refractivity contribution in [1.82, 2.24) is 10.1 Å². The third-order valence-electron chi connectivity index (χ3n) is 2.93. The summed E-state index contributed by atoms with van der Waals surface area (Å²) in [6.45, 7) is 2.95. The second-order valence-corrected chi connectivity index (χ2v) is 5.19. The van der Waals surface area contributed by atoms with Crippen LogP contribution in [0.2, 0.25) is 0 Å². The number of ketones is 1. The predicted octanol–water partition coefficient (Wildman–Crippen LogP) is 2.50. The largest absolute Gasteiger partial charge is 0.381 e. The van der Waals surface area contributed by atoms with Crippen LogP contribution in [0.15, 0.2) is 16.0 Å². The fraction of sp³-hybridized carbons (Fsp3) is 0.417. The van der Waals surface area contributed by atoms with Crippen LogP contribution in [-0.4, -0.2) is 29.1 Å². The van der Waals surface area contributed by atoms with Crippen LogP contribution in [0.4, 0.5) is 0 Å². The summed E-state index contributed by atoms with van der Waals surface area (Å²) in [6, 6.07) is 1.79. The van der Waals surface area contributed by atoms with Gasteiger partial charge in [-0.2, -0.15) is 4.98 Å². The number of hydrogen-bond donors (Lipinski definition) is 0. The maximum Gasteiger partial charge on any atom is 0.258 e. The normalized spacial score (nSPS) is 19.3. The molecule has 0 bridgehead atoms. The van der Waals surface area contributed by atoms with Crippen LogP contribution in [0.3, 0.4) is 0 Å². The van der Waals surface area contributed by atoms with E-state index in [2.05, 4.69) is 10.1 Å². The zero-order chi connectivity index (χ0) is 12.5. The molecule has 0 spiro atoms. The Labute approximate surface area is 108 Å². The highest BCUT2D eigenvalue weighted by atomic mass is 32.1. The monoisotopic (exact) mass is 264 g/mol. The lowest BCUT2D eigenvalue weighted by Gasteiger charge is -1.97. The average Bonchev–Trinajstić information content (AvgIpc) is 3.10. The molecule has 3 rings (SSSR count). The lowest BCUT2D eigenvalue weighted by atomic mass is 10.1. The number of hydrogen-bond acceptors (Lipinski definition) is 6. The standard InChI is InChI=1S/C12H12N2O3S/c1-7(15)10-4-9(6-18-10)12-13-11(14-17-12)8-2-3-16-5-8/h4,6,8H,2-3,5H2,1H3. The molecule has 1 saturated heterocycles. The van der Waals surface area contributed by atoms with Crippen LogP contribution in [0.1, 0.15) is 34.8 Å². The van der Waals surface area contributed by atoms with Crippen LogP contribution in [-0.2, 0) is 4.74 Å². The zero-order valence-corrected chi connectivity index (χ0v) is 10.7. The molecule has 18 heavy (non-hydrogen) atoms. The van der Waals surface area contributed by atoms with E-state index < -0.39 is 0 Å². The fourth-order valence-electron chi connectivity index (χ4n) is 1.89. The van der Waals surface area contributed by atoms with E-state index in [0.29, 0.717) is 23.2 Å². The molecule has 5 nitrogen and oxygen atoms in total. The molecule has 1 unspecified atom stereocenters. The van der Waals surface area contributed by atoms with Crippen molar-refractivity contribution in [3.63, 3.8) is 0 Å². The molecule has 0 aliphatic carbocycles. The van der Waals surface area contributed by atoms with Gasteiger partial charge in [-0.15, -0.1) is 11.3 Å². The van der Waals surface area contributed by atoms with Crippen molar-refractivity contribution in [2.45, 2.75) is 19.3 Å². The number of Topliss-reactive ketones (excluding diaryl/α,β-unsaturated/α-hetero) is 1. The van der Waals surface area contributed by atoms with Gasteiger partial charge in [0.2, 0.25) is 0 Å². The average molecular weight is 264 g/mol. The van der Waals surface area contributed by atoms with Crippen LogP contribution >= 0.6 is 11.3 Å². The second kappa shape index (κ2) is 4.62. The van der Waals surface area contributed by atoms with E-state index in [9.17, 15) is 4.79 Å². The third kappa shape index (κ3) is 2.09. The summed E-state index contributed by atoms with van der Waals surface area (Å²) in [4.78, 5) is 16.3. The Balaban J connectivity index is 1.85. The first kappa shape index (κ1) is 11.6. The maximum atomic E-state index is 11.2. The molecule has 6 heteroatoms. The van der Waals surface area contributed by atoms with E-state index in [4.69, 9.17) is 9.26 Å². The first-order valence-corrected chi connectivity index (χ1v) is 6.63. The predicted molar refractivity (Wildman–Crippen MR) is 65.8 cm³/mol. The maximum absolute atomic E-state index is 11.2. The topological polar surface area (TPSA) is 65.2 Å².